The molecule has 0 spiro atoms. The number of aromatic nitrogens is 3. The molecule has 2 heterocycles. The molecular weight excluding hydrogens is 222 g/mol. The van der Waals surface area contributed by atoms with Gasteiger partial charge in [-0.1, -0.05) is 13.8 Å². The predicted molar refractivity (Wildman–Crippen MR) is 59.4 cm³/mol. The number of imide groups is 1. The third-order valence-electron chi connectivity index (χ3n) is 2.45. The van der Waals surface area contributed by atoms with Gasteiger partial charge in [0.25, 0.3) is 5.95 Å². The quantitative estimate of drug-likeness (QED) is 0.803. The minimum atomic E-state index is -0.500. The number of rotatable bonds is 2. The fourth-order valence-electron chi connectivity index (χ4n) is 1.42. The zero-order valence-corrected chi connectivity index (χ0v) is 9.67. The fourth-order valence-corrected chi connectivity index (χ4v) is 1.42. The Kier molecular flexibility index (Phi) is 2.99. The molecule has 1 N–H and O–H groups in total. The molecule has 1 aliphatic heterocycles. The van der Waals surface area contributed by atoms with Crippen LogP contribution in [0.15, 0.2) is 6.20 Å². The third-order valence-corrected chi connectivity index (χ3v) is 2.45. The number of hydrogen-bond acceptors (Lipinski definition) is 5. The van der Waals surface area contributed by atoms with Gasteiger partial charge >= 0.3 is 6.03 Å². The van der Waals surface area contributed by atoms with Crippen LogP contribution in [0.4, 0.5) is 10.7 Å². The molecule has 0 aromatic carbocycles. The molecule has 1 saturated heterocycles. The number of urea groups is 1. The topological polar surface area (TPSA) is 88.1 Å². The van der Waals surface area contributed by atoms with Crippen LogP contribution >= 0.6 is 0 Å². The van der Waals surface area contributed by atoms with E-state index in [4.69, 9.17) is 0 Å². The van der Waals surface area contributed by atoms with Crippen LogP contribution < -0.4 is 10.2 Å². The molecule has 7 nitrogen and oxygen atoms in total. The van der Waals surface area contributed by atoms with Crippen molar-refractivity contribution < 1.29 is 9.59 Å². The number of nitrogens with zero attached hydrogens (tertiary/aromatic N) is 4. The van der Waals surface area contributed by atoms with Crippen LogP contribution in [0.25, 0.3) is 0 Å². The maximum Gasteiger partial charge on any atom is 0.330 e. The SMILES string of the molecule is CC(C)c1cnc(N2CCC(=O)NC2=O)nn1. The zero-order valence-electron chi connectivity index (χ0n) is 9.67. The van der Waals surface area contributed by atoms with E-state index in [9.17, 15) is 9.59 Å². The van der Waals surface area contributed by atoms with E-state index in [-0.39, 0.29) is 30.7 Å². The number of carbonyl (C=O) groups excluding carboxylic acids is 2. The number of carbonyl (C=O) groups is 2. The molecule has 1 aliphatic rings. The van der Waals surface area contributed by atoms with E-state index in [0.717, 1.165) is 5.69 Å². The number of amides is 3. The summed E-state index contributed by atoms with van der Waals surface area (Å²) in [6.45, 7) is 4.25. The van der Waals surface area contributed by atoms with Crippen LogP contribution in [0, 0.1) is 0 Å². The number of nitrogens with one attached hydrogen (secondary N) is 1. The Labute approximate surface area is 98.2 Å². The summed E-state index contributed by atoms with van der Waals surface area (Å²) in [6.07, 6.45) is 1.84. The van der Waals surface area contributed by atoms with Crippen molar-refractivity contribution in [3.8, 4) is 0 Å². The Morgan fingerprint density at radius 1 is 1.35 bits per heavy atom. The first kappa shape index (κ1) is 11.4. The van der Waals surface area contributed by atoms with Crippen molar-refractivity contribution in [3.05, 3.63) is 11.9 Å². The average Bonchev–Trinajstić information content (AvgIpc) is 2.29. The van der Waals surface area contributed by atoms with Gasteiger partial charge in [-0.15, -0.1) is 10.2 Å². The van der Waals surface area contributed by atoms with E-state index >= 15 is 0 Å². The Bertz CT molecular complexity index is 443. The van der Waals surface area contributed by atoms with Gasteiger partial charge in [-0.3, -0.25) is 15.0 Å². The molecule has 90 valence electrons. The summed E-state index contributed by atoms with van der Waals surface area (Å²) in [4.78, 5) is 27.9. The smallest absolute Gasteiger partial charge is 0.278 e. The second-order valence-corrected chi connectivity index (χ2v) is 4.09. The standard InChI is InChI=1S/C10H13N5O2/c1-6(2)7-5-11-9(14-13-7)15-4-3-8(16)12-10(15)17/h5-6H,3-4H2,1-2H3,(H,12,16,17). The maximum atomic E-state index is 11.5. The first-order valence-corrected chi connectivity index (χ1v) is 5.39. The highest BCUT2D eigenvalue weighted by Crippen LogP contribution is 2.13. The molecule has 0 aliphatic carbocycles. The monoisotopic (exact) mass is 235 g/mol. The minimum absolute atomic E-state index is 0.222. The van der Waals surface area contributed by atoms with Crippen LogP contribution in [-0.4, -0.2) is 33.7 Å². The summed E-state index contributed by atoms with van der Waals surface area (Å²) < 4.78 is 0. The molecular formula is C10H13N5O2. The van der Waals surface area contributed by atoms with Gasteiger partial charge in [-0.2, -0.15) is 0 Å². The van der Waals surface area contributed by atoms with Crippen molar-refractivity contribution in [2.45, 2.75) is 26.2 Å². The first-order valence-electron chi connectivity index (χ1n) is 5.39. The predicted octanol–water partition coefficient (Wildman–Crippen LogP) is 0.441. The van der Waals surface area contributed by atoms with Gasteiger partial charge in [0.1, 0.15) is 0 Å². The lowest BCUT2D eigenvalue weighted by molar-refractivity contribution is -0.120. The molecule has 7 heteroatoms. The highest BCUT2D eigenvalue weighted by atomic mass is 16.2. The van der Waals surface area contributed by atoms with Gasteiger partial charge < -0.3 is 0 Å². The van der Waals surface area contributed by atoms with E-state index in [0.29, 0.717) is 0 Å². The lowest BCUT2D eigenvalue weighted by Crippen LogP contribution is -2.50. The third kappa shape index (κ3) is 2.38. The van der Waals surface area contributed by atoms with Crippen molar-refractivity contribution >= 4 is 17.9 Å². The van der Waals surface area contributed by atoms with E-state index < -0.39 is 6.03 Å². The van der Waals surface area contributed by atoms with Crippen LogP contribution in [0.2, 0.25) is 0 Å². The van der Waals surface area contributed by atoms with Crippen LogP contribution in [0.3, 0.4) is 0 Å². The van der Waals surface area contributed by atoms with E-state index in [1.165, 1.54) is 4.90 Å². The molecule has 17 heavy (non-hydrogen) atoms. The molecule has 1 aromatic heterocycles. The van der Waals surface area contributed by atoms with Crippen molar-refractivity contribution in [2.24, 2.45) is 0 Å². The molecule has 0 saturated carbocycles. The first-order chi connectivity index (χ1) is 8.08. The van der Waals surface area contributed by atoms with Gasteiger partial charge in [-0.25, -0.2) is 9.78 Å². The Morgan fingerprint density at radius 3 is 2.65 bits per heavy atom. The molecule has 2 rings (SSSR count). The van der Waals surface area contributed by atoms with Crippen molar-refractivity contribution in [1.82, 2.24) is 20.5 Å². The van der Waals surface area contributed by atoms with Gasteiger partial charge in [-0.05, 0) is 5.92 Å². The molecule has 1 fully saturated rings. The van der Waals surface area contributed by atoms with Gasteiger partial charge in [0.05, 0.1) is 11.9 Å². The van der Waals surface area contributed by atoms with E-state index in [2.05, 4.69) is 20.5 Å². The number of hydrogen-bond donors (Lipinski definition) is 1. The summed E-state index contributed by atoms with van der Waals surface area (Å²) in [7, 11) is 0. The molecule has 0 atom stereocenters. The second-order valence-electron chi connectivity index (χ2n) is 4.09. The van der Waals surface area contributed by atoms with E-state index in [1.807, 2.05) is 13.8 Å². The lowest BCUT2D eigenvalue weighted by Gasteiger charge is -2.24. The summed E-state index contributed by atoms with van der Waals surface area (Å²) in [5, 5.41) is 10.1. The zero-order chi connectivity index (χ0) is 12.4. The molecule has 3 amide bonds. The van der Waals surface area contributed by atoms with E-state index in [1.54, 1.807) is 6.20 Å². The van der Waals surface area contributed by atoms with Crippen molar-refractivity contribution in [2.75, 3.05) is 11.4 Å². The Hall–Kier alpha value is -2.05. The van der Waals surface area contributed by atoms with Gasteiger partial charge in [0, 0.05) is 13.0 Å². The van der Waals surface area contributed by atoms with Crippen molar-refractivity contribution in [1.29, 1.82) is 0 Å². The van der Waals surface area contributed by atoms with Crippen LogP contribution in [0.5, 0.6) is 0 Å². The molecule has 1 aromatic rings. The normalized spacial score (nSPS) is 16.3. The van der Waals surface area contributed by atoms with Gasteiger partial charge in [0.15, 0.2) is 0 Å². The summed E-state index contributed by atoms with van der Waals surface area (Å²) in [6, 6.07) is -0.500. The summed E-state index contributed by atoms with van der Waals surface area (Å²) in [5.41, 5.74) is 0.766. The highest BCUT2D eigenvalue weighted by Gasteiger charge is 2.26. The lowest BCUT2D eigenvalue weighted by atomic mass is 10.2. The highest BCUT2D eigenvalue weighted by molar-refractivity contribution is 6.04. The summed E-state index contributed by atoms with van der Waals surface area (Å²) >= 11 is 0. The average molecular weight is 235 g/mol. The second kappa shape index (κ2) is 4.44. The van der Waals surface area contributed by atoms with Crippen molar-refractivity contribution in [3.63, 3.8) is 0 Å². The van der Waals surface area contributed by atoms with Crippen LogP contribution in [-0.2, 0) is 4.79 Å². The molecule has 0 radical (unpaired) electrons. The number of anilines is 1. The van der Waals surface area contributed by atoms with Gasteiger partial charge in [0.2, 0.25) is 5.91 Å². The Morgan fingerprint density at radius 2 is 2.12 bits per heavy atom. The maximum absolute atomic E-state index is 11.5. The largest absolute Gasteiger partial charge is 0.330 e. The summed E-state index contributed by atoms with van der Waals surface area (Å²) in [5.74, 6) is 0.179. The molecule has 0 bridgehead atoms. The minimum Gasteiger partial charge on any atom is -0.278 e. The van der Waals surface area contributed by atoms with Crippen LogP contribution in [0.1, 0.15) is 31.9 Å². The fraction of sp³-hybridized carbons (Fsp3) is 0.500. The molecule has 0 unspecified atom stereocenters. The Balaban J connectivity index is 2.17.